The molecule has 1 nitrogen and oxygen atoms in total. The molecule has 8 aromatic rings. The fourth-order valence-electron chi connectivity index (χ4n) is 8.11. The Morgan fingerprint density at radius 1 is 0.380 bits per heavy atom. The van der Waals surface area contributed by atoms with Gasteiger partial charge in [-0.05, 0) is 91.2 Å². The second-order valence-corrected chi connectivity index (χ2v) is 13.7. The molecular formula is C49H37N. The van der Waals surface area contributed by atoms with Crippen LogP contribution in [0.4, 0.5) is 17.1 Å². The van der Waals surface area contributed by atoms with Crippen LogP contribution in [-0.4, -0.2) is 0 Å². The molecule has 0 aliphatic heterocycles. The predicted molar refractivity (Wildman–Crippen MR) is 213 cm³/mol. The van der Waals surface area contributed by atoms with Gasteiger partial charge in [-0.2, -0.15) is 0 Å². The minimum absolute atomic E-state index is 0.184. The Labute approximate surface area is 294 Å². The zero-order chi connectivity index (χ0) is 33.7. The molecular weight excluding hydrogens is 603 g/mol. The van der Waals surface area contributed by atoms with E-state index in [1.807, 2.05) is 0 Å². The minimum atomic E-state index is -0.184. The summed E-state index contributed by atoms with van der Waals surface area (Å²) in [4.78, 5) is 2.51. The van der Waals surface area contributed by atoms with Gasteiger partial charge in [0.1, 0.15) is 0 Å². The maximum atomic E-state index is 2.51. The number of para-hydroxylation sites is 1. The fourth-order valence-corrected chi connectivity index (χ4v) is 8.11. The lowest BCUT2D eigenvalue weighted by Crippen LogP contribution is -2.21. The zero-order valence-electron chi connectivity index (χ0n) is 28.3. The Morgan fingerprint density at radius 2 is 0.940 bits per heavy atom. The normalized spacial score (nSPS) is 12.8. The second-order valence-electron chi connectivity index (χ2n) is 13.7. The maximum absolute atomic E-state index is 2.51. The number of fused-ring (bicyclic) bond motifs is 4. The lowest BCUT2D eigenvalue weighted by atomic mass is 9.81. The van der Waals surface area contributed by atoms with Gasteiger partial charge in [0.05, 0.1) is 11.4 Å². The molecule has 0 amide bonds. The highest BCUT2D eigenvalue weighted by atomic mass is 15.1. The van der Waals surface area contributed by atoms with E-state index in [4.69, 9.17) is 0 Å². The van der Waals surface area contributed by atoms with Crippen LogP contribution in [0.5, 0.6) is 0 Å². The van der Waals surface area contributed by atoms with Crippen LogP contribution in [0.1, 0.15) is 25.0 Å². The van der Waals surface area contributed by atoms with E-state index in [0.29, 0.717) is 0 Å². The molecule has 0 radical (unpaired) electrons. The number of hydrogen-bond acceptors (Lipinski definition) is 1. The molecule has 0 saturated carbocycles. The van der Waals surface area contributed by atoms with Gasteiger partial charge in [0.25, 0.3) is 0 Å². The molecule has 238 valence electrons. The Morgan fingerprint density at radius 3 is 1.82 bits per heavy atom. The highest BCUT2D eigenvalue weighted by Gasteiger charge is 2.39. The maximum Gasteiger partial charge on any atom is 0.0540 e. The summed E-state index contributed by atoms with van der Waals surface area (Å²) in [5.41, 5.74) is 15.9. The van der Waals surface area contributed by atoms with Crippen LogP contribution in [0.15, 0.2) is 188 Å². The molecule has 50 heavy (non-hydrogen) atoms. The van der Waals surface area contributed by atoms with E-state index in [-0.39, 0.29) is 5.41 Å². The number of nitrogens with zero attached hydrogens (tertiary/aromatic N) is 1. The number of hydrogen-bond donors (Lipinski definition) is 0. The summed E-state index contributed by atoms with van der Waals surface area (Å²) < 4.78 is 0. The lowest BCUT2D eigenvalue weighted by Gasteiger charge is -2.33. The van der Waals surface area contributed by atoms with Crippen LogP contribution in [-0.2, 0) is 5.41 Å². The van der Waals surface area contributed by atoms with Crippen LogP contribution in [0, 0.1) is 0 Å². The molecule has 1 heteroatoms. The minimum Gasteiger partial charge on any atom is -0.310 e. The van der Waals surface area contributed by atoms with Crippen molar-refractivity contribution < 1.29 is 0 Å². The van der Waals surface area contributed by atoms with Crippen LogP contribution in [0.2, 0.25) is 0 Å². The SMILES string of the molecule is CC1(C)c2ccccc2-c2cccc(N(c3cccc(-c4cccc5ccccc45)c3)c3ccccc3-c3cccc(-c4ccccc4)c3)c21. The van der Waals surface area contributed by atoms with E-state index < -0.39 is 0 Å². The number of anilines is 3. The van der Waals surface area contributed by atoms with Gasteiger partial charge in [-0.1, -0.05) is 172 Å². The van der Waals surface area contributed by atoms with Crippen molar-refractivity contribution in [3.05, 3.63) is 199 Å². The van der Waals surface area contributed by atoms with E-state index in [9.17, 15) is 0 Å². The average molecular weight is 640 g/mol. The van der Waals surface area contributed by atoms with E-state index in [2.05, 4.69) is 207 Å². The number of rotatable bonds is 6. The van der Waals surface area contributed by atoms with Crippen molar-refractivity contribution in [3.63, 3.8) is 0 Å². The molecule has 1 aliphatic rings. The summed E-state index contributed by atoms with van der Waals surface area (Å²) >= 11 is 0. The van der Waals surface area contributed by atoms with Gasteiger partial charge in [0, 0.05) is 16.7 Å². The van der Waals surface area contributed by atoms with Crippen molar-refractivity contribution in [1.82, 2.24) is 0 Å². The van der Waals surface area contributed by atoms with Crippen molar-refractivity contribution in [2.24, 2.45) is 0 Å². The first-order valence-electron chi connectivity index (χ1n) is 17.4. The molecule has 9 rings (SSSR count). The van der Waals surface area contributed by atoms with E-state index in [0.717, 1.165) is 11.4 Å². The standard InChI is InChI=1S/C49H37N/c1-49(2)45-29-10-8-26-43(45)44-28-15-31-47(48(44)49)50(39-23-13-22-38(33-39)41-27-14-19-35-18-6-7-24-40(35)41)46-30-11-9-25-42(46)37-21-12-20-36(32-37)34-16-4-3-5-17-34/h3-33H,1-2H3. The molecule has 0 N–H and O–H groups in total. The van der Waals surface area contributed by atoms with Gasteiger partial charge < -0.3 is 4.90 Å². The monoisotopic (exact) mass is 639 g/mol. The van der Waals surface area contributed by atoms with E-state index in [1.54, 1.807) is 0 Å². The molecule has 0 aromatic heterocycles. The first-order chi connectivity index (χ1) is 24.6. The summed E-state index contributed by atoms with van der Waals surface area (Å²) in [5, 5.41) is 2.50. The zero-order valence-corrected chi connectivity index (χ0v) is 28.3. The first kappa shape index (κ1) is 29.9. The molecule has 0 heterocycles. The van der Waals surface area contributed by atoms with E-state index in [1.165, 1.54) is 72.1 Å². The van der Waals surface area contributed by atoms with Gasteiger partial charge in [-0.25, -0.2) is 0 Å². The fraction of sp³-hybridized carbons (Fsp3) is 0.0612. The molecule has 0 fully saturated rings. The van der Waals surface area contributed by atoms with Crippen molar-refractivity contribution >= 4 is 27.8 Å². The smallest absolute Gasteiger partial charge is 0.0540 e. The molecule has 8 aromatic carbocycles. The largest absolute Gasteiger partial charge is 0.310 e. The van der Waals surface area contributed by atoms with Crippen molar-refractivity contribution in [3.8, 4) is 44.5 Å². The highest BCUT2D eigenvalue weighted by Crippen LogP contribution is 2.55. The first-order valence-corrected chi connectivity index (χ1v) is 17.4. The van der Waals surface area contributed by atoms with Crippen LogP contribution < -0.4 is 4.90 Å². The Balaban J connectivity index is 1.29. The van der Waals surface area contributed by atoms with Gasteiger partial charge in [0.2, 0.25) is 0 Å². The summed E-state index contributed by atoms with van der Waals surface area (Å²) in [6.07, 6.45) is 0. The Hall–Kier alpha value is -6.18. The van der Waals surface area contributed by atoms with Crippen molar-refractivity contribution in [2.45, 2.75) is 19.3 Å². The lowest BCUT2D eigenvalue weighted by molar-refractivity contribution is 0.661. The molecule has 0 atom stereocenters. The quantitative estimate of drug-likeness (QED) is 0.175. The van der Waals surface area contributed by atoms with Gasteiger partial charge in [-0.3, -0.25) is 0 Å². The molecule has 0 unspecified atom stereocenters. The van der Waals surface area contributed by atoms with Crippen molar-refractivity contribution in [1.29, 1.82) is 0 Å². The van der Waals surface area contributed by atoms with Gasteiger partial charge in [-0.15, -0.1) is 0 Å². The van der Waals surface area contributed by atoms with Crippen LogP contribution in [0.25, 0.3) is 55.3 Å². The molecule has 0 bridgehead atoms. The average Bonchev–Trinajstić information content (AvgIpc) is 3.42. The van der Waals surface area contributed by atoms with Crippen molar-refractivity contribution in [2.75, 3.05) is 4.90 Å². The van der Waals surface area contributed by atoms with Gasteiger partial charge in [0.15, 0.2) is 0 Å². The van der Waals surface area contributed by atoms with Crippen LogP contribution in [0.3, 0.4) is 0 Å². The summed E-state index contributed by atoms with van der Waals surface area (Å²) in [7, 11) is 0. The molecule has 1 aliphatic carbocycles. The topological polar surface area (TPSA) is 3.24 Å². The third-order valence-electron chi connectivity index (χ3n) is 10.4. The highest BCUT2D eigenvalue weighted by molar-refractivity contribution is 5.99. The Kier molecular flexibility index (Phi) is 7.21. The summed E-state index contributed by atoms with van der Waals surface area (Å²) in [6.45, 7) is 4.75. The Bertz CT molecular complexity index is 2520. The predicted octanol–water partition coefficient (Wildman–Crippen LogP) is 13.6. The summed E-state index contributed by atoms with van der Waals surface area (Å²) in [5.74, 6) is 0. The van der Waals surface area contributed by atoms with Crippen LogP contribution >= 0.6 is 0 Å². The number of benzene rings is 8. The third kappa shape index (κ3) is 4.94. The summed E-state index contributed by atoms with van der Waals surface area (Å²) in [6, 6.07) is 68.6. The van der Waals surface area contributed by atoms with E-state index >= 15 is 0 Å². The molecule has 0 spiro atoms. The molecule has 0 saturated heterocycles. The third-order valence-corrected chi connectivity index (χ3v) is 10.4. The van der Waals surface area contributed by atoms with Gasteiger partial charge >= 0.3 is 0 Å². The second kappa shape index (κ2) is 12.1.